The molecule has 31 heavy (non-hydrogen) atoms. The lowest BCUT2D eigenvalue weighted by atomic mass is 9.91. The van der Waals surface area contributed by atoms with Gasteiger partial charge in [-0.05, 0) is 24.6 Å². The lowest BCUT2D eigenvalue weighted by Gasteiger charge is -2.42. The number of alkyl halides is 2. The number of nitrogens with zero attached hydrogens (tertiary/aromatic N) is 4. The molecular weight excluding hydrogens is 410 g/mol. The molecule has 8 nitrogen and oxygen atoms in total. The lowest BCUT2D eigenvalue weighted by molar-refractivity contribution is -0.143. The molecule has 1 N–H and O–H groups in total. The first-order chi connectivity index (χ1) is 14.7. The largest absolute Gasteiger partial charge is 0.445 e. The van der Waals surface area contributed by atoms with Gasteiger partial charge in [0.25, 0.3) is 5.92 Å². The van der Waals surface area contributed by atoms with E-state index in [-0.39, 0.29) is 25.1 Å². The number of benzene rings is 1. The molecule has 166 valence electrons. The minimum absolute atomic E-state index is 0.0450. The van der Waals surface area contributed by atoms with E-state index in [0.717, 1.165) is 11.1 Å². The number of aliphatic hydroxyl groups is 1. The van der Waals surface area contributed by atoms with Gasteiger partial charge < -0.3 is 14.7 Å². The molecule has 2 amide bonds. The van der Waals surface area contributed by atoms with Gasteiger partial charge in [-0.15, -0.1) is 0 Å². The summed E-state index contributed by atoms with van der Waals surface area (Å²) in [6.07, 6.45) is 0.949. The normalized spacial score (nSPS) is 20.2. The minimum atomic E-state index is -2.79. The lowest BCUT2D eigenvalue weighted by Crippen LogP contribution is -2.53. The van der Waals surface area contributed by atoms with Gasteiger partial charge in [0.15, 0.2) is 0 Å². The van der Waals surface area contributed by atoms with E-state index in [2.05, 4.69) is 5.10 Å². The number of hydrogen-bond acceptors (Lipinski definition) is 5. The van der Waals surface area contributed by atoms with Crippen molar-refractivity contribution in [3.63, 3.8) is 0 Å². The fraction of sp³-hybridized carbons (Fsp3) is 0.476. The molecule has 4 rings (SSSR count). The average Bonchev–Trinajstić information content (AvgIpc) is 3.14. The number of aliphatic hydroxyl groups excluding tert-OH is 1. The average molecular weight is 434 g/mol. The van der Waals surface area contributed by atoms with Crippen LogP contribution in [0.4, 0.5) is 25.0 Å². The van der Waals surface area contributed by atoms with Crippen molar-refractivity contribution in [3.05, 3.63) is 30.6 Å². The Hall–Kier alpha value is -3.01. The molecule has 2 heterocycles. The summed E-state index contributed by atoms with van der Waals surface area (Å²) in [5, 5.41) is 13.3. The van der Waals surface area contributed by atoms with E-state index in [1.54, 1.807) is 34.1 Å². The van der Waals surface area contributed by atoms with Gasteiger partial charge in [0, 0.05) is 38.1 Å². The Morgan fingerprint density at radius 3 is 2.65 bits per heavy atom. The fourth-order valence-corrected chi connectivity index (χ4v) is 4.09. The minimum Gasteiger partial charge on any atom is -0.445 e. The molecule has 1 unspecified atom stereocenters. The van der Waals surface area contributed by atoms with Gasteiger partial charge in [0.2, 0.25) is 5.91 Å². The van der Waals surface area contributed by atoms with E-state index in [4.69, 9.17) is 9.84 Å². The summed E-state index contributed by atoms with van der Waals surface area (Å²) in [6.45, 7) is 3.76. The number of anilines is 2. The van der Waals surface area contributed by atoms with E-state index in [9.17, 15) is 18.4 Å². The van der Waals surface area contributed by atoms with Crippen LogP contribution in [0.5, 0.6) is 0 Å². The molecule has 1 aliphatic heterocycles. The molecular formula is C21H24F2N4O4. The molecule has 1 atom stereocenters. The smallest absolute Gasteiger partial charge is 0.414 e. The standard InChI is InChI=1S/C21H24F2N4O4/c1-13-11-26(20(30)31-17-8-21(22,23)9-17)19-7-15(3-4-18(19)27(13)14(2)29)16-10-24-25(12-16)5-6-28/h3-4,7,10,12-13,17,28H,5-6,8-9,11H2,1-2H3. The van der Waals surface area contributed by atoms with Gasteiger partial charge in [-0.1, -0.05) is 6.07 Å². The van der Waals surface area contributed by atoms with Crippen molar-refractivity contribution in [2.75, 3.05) is 23.0 Å². The Kier molecular flexibility index (Phi) is 5.42. The Bertz CT molecular complexity index is 1000. The highest BCUT2D eigenvalue weighted by molar-refractivity contribution is 6.03. The third kappa shape index (κ3) is 4.12. The van der Waals surface area contributed by atoms with Crippen LogP contribution in [0.2, 0.25) is 0 Å². The van der Waals surface area contributed by atoms with E-state index >= 15 is 0 Å². The molecule has 0 saturated heterocycles. The highest BCUT2D eigenvalue weighted by Crippen LogP contribution is 2.42. The number of carbonyl (C=O) groups excluding carboxylic acids is 2. The van der Waals surface area contributed by atoms with E-state index < -0.39 is 31.0 Å². The number of amides is 2. The van der Waals surface area contributed by atoms with Crippen LogP contribution in [0.15, 0.2) is 30.6 Å². The SMILES string of the molecule is CC(=O)N1c2ccc(-c3cnn(CCO)c3)cc2N(C(=O)OC2CC(F)(F)C2)CC1C. The van der Waals surface area contributed by atoms with Crippen LogP contribution < -0.4 is 9.80 Å². The van der Waals surface area contributed by atoms with Gasteiger partial charge in [-0.25, -0.2) is 13.6 Å². The molecule has 1 aromatic carbocycles. The maximum Gasteiger partial charge on any atom is 0.414 e. The quantitative estimate of drug-likeness (QED) is 0.799. The van der Waals surface area contributed by atoms with E-state index in [0.29, 0.717) is 17.9 Å². The third-order valence-corrected chi connectivity index (χ3v) is 5.59. The first-order valence-electron chi connectivity index (χ1n) is 10.1. The summed E-state index contributed by atoms with van der Waals surface area (Å²) in [6, 6.07) is 5.03. The van der Waals surface area contributed by atoms with Gasteiger partial charge in [0.1, 0.15) is 6.10 Å². The number of aromatic nitrogens is 2. The van der Waals surface area contributed by atoms with Crippen LogP contribution >= 0.6 is 0 Å². The second-order valence-corrected chi connectivity index (χ2v) is 8.04. The number of fused-ring (bicyclic) bond motifs is 1. The summed E-state index contributed by atoms with van der Waals surface area (Å²) < 4.78 is 33.2. The fourth-order valence-electron chi connectivity index (χ4n) is 4.09. The first-order valence-corrected chi connectivity index (χ1v) is 10.1. The topological polar surface area (TPSA) is 87.9 Å². The van der Waals surface area contributed by atoms with E-state index in [1.165, 1.54) is 11.8 Å². The van der Waals surface area contributed by atoms with Crippen molar-refractivity contribution in [2.45, 2.75) is 51.3 Å². The summed E-state index contributed by atoms with van der Waals surface area (Å²) in [5.41, 5.74) is 2.55. The van der Waals surface area contributed by atoms with Gasteiger partial charge in [0.05, 0.1) is 36.8 Å². The second-order valence-electron chi connectivity index (χ2n) is 8.04. The predicted octanol–water partition coefficient (Wildman–Crippen LogP) is 3.04. The zero-order valence-electron chi connectivity index (χ0n) is 17.3. The van der Waals surface area contributed by atoms with Crippen molar-refractivity contribution in [2.24, 2.45) is 0 Å². The van der Waals surface area contributed by atoms with Crippen molar-refractivity contribution >= 4 is 23.4 Å². The van der Waals surface area contributed by atoms with Crippen molar-refractivity contribution in [1.29, 1.82) is 0 Å². The monoisotopic (exact) mass is 434 g/mol. The van der Waals surface area contributed by atoms with Crippen LogP contribution in [0, 0.1) is 0 Å². The zero-order valence-corrected chi connectivity index (χ0v) is 17.3. The van der Waals surface area contributed by atoms with Crippen LogP contribution in [-0.4, -0.2) is 58.1 Å². The van der Waals surface area contributed by atoms with Crippen LogP contribution in [0.3, 0.4) is 0 Å². The summed E-state index contributed by atoms with van der Waals surface area (Å²) in [5.74, 6) is -2.95. The molecule has 0 spiro atoms. The molecule has 1 saturated carbocycles. The van der Waals surface area contributed by atoms with Crippen molar-refractivity contribution in [1.82, 2.24) is 9.78 Å². The number of carbonyl (C=O) groups is 2. The molecule has 10 heteroatoms. The van der Waals surface area contributed by atoms with Crippen molar-refractivity contribution in [3.8, 4) is 11.1 Å². The summed E-state index contributed by atoms with van der Waals surface area (Å²) in [7, 11) is 0. The zero-order chi connectivity index (χ0) is 22.3. The number of rotatable bonds is 4. The summed E-state index contributed by atoms with van der Waals surface area (Å²) >= 11 is 0. The highest BCUT2D eigenvalue weighted by Gasteiger charge is 2.48. The van der Waals surface area contributed by atoms with Gasteiger partial charge in [-0.2, -0.15) is 5.10 Å². The third-order valence-electron chi connectivity index (χ3n) is 5.59. The molecule has 2 aromatic rings. The van der Waals surface area contributed by atoms with Gasteiger partial charge >= 0.3 is 6.09 Å². The second kappa shape index (κ2) is 7.92. The van der Waals surface area contributed by atoms with Crippen LogP contribution in [0.1, 0.15) is 26.7 Å². The van der Waals surface area contributed by atoms with Crippen molar-refractivity contribution < 1.29 is 28.2 Å². The summed E-state index contributed by atoms with van der Waals surface area (Å²) in [4.78, 5) is 28.1. The Morgan fingerprint density at radius 1 is 1.26 bits per heavy atom. The Labute approximate surface area is 178 Å². The maximum atomic E-state index is 13.1. The first kappa shape index (κ1) is 21.2. The Morgan fingerprint density at radius 2 is 2.00 bits per heavy atom. The molecule has 1 fully saturated rings. The highest BCUT2D eigenvalue weighted by atomic mass is 19.3. The van der Waals surface area contributed by atoms with Gasteiger partial charge in [-0.3, -0.25) is 14.4 Å². The number of ether oxygens (including phenoxy) is 1. The molecule has 1 aromatic heterocycles. The Balaban J connectivity index is 1.67. The molecule has 1 aliphatic carbocycles. The molecule has 2 aliphatic rings. The molecule has 0 bridgehead atoms. The maximum absolute atomic E-state index is 13.1. The molecule has 0 radical (unpaired) electrons. The van der Waals surface area contributed by atoms with E-state index in [1.807, 2.05) is 13.0 Å². The number of halogens is 2. The van der Waals surface area contributed by atoms with Crippen LogP contribution in [-0.2, 0) is 16.1 Å². The number of hydrogen-bond donors (Lipinski definition) is 1. The predicted molar refractivity (Wildman–Crippen MR) is 109 cm³/mol. The van der Waals surface area contributed by atoms with Crippen LogP contribution in [0.25, 0.3) is 11.1 Å².